The lowest BCUT2D eigenvalue weighted by Crippen LogP contribution is -2.08. The van der Waals surface area contributed by atoms with Crippen molar-refractivity contribution in [2.24, 2.45) is 0 Å². The third-order valence-electron chi connectivity index (χ3n) is 3.66. The second-order valence-electron chi connectivity index (χ2n) is 4.92. The smallest absolute Gasteiger partial charge is 0.333 e. The third-order valence-corrected chi connectivity index (χ3v) is 3.66. The summed E-state index contributed by atoms with van der Waals surface area (Å²) in [5, 5.41) is 0. The largest absolute Gasteiger partial charge is 0.492 e. The molecule has 24 heavy (non-hydrogen) atoms. The first kappa shape index (κ1) is 19.7. The van der Waals surface area contributed by atoms with Crippen molar-refractivity contribution in [3.8, 4) is 23.0 Å². The van der Waals surface area contributed by atoms with Gasteiger partial charge in [-0.15, -0.1) is 0 Å². The first-order valence-corrected chi connectivity index (χ1v) is 7.74. The van der Waals surface area contributed by atoms with E-state index in [4.69, 9.17) is 23.7 Å². The lowest BCUT2D eigenvalue weighted by molar-refractivity contribution is -0.138. The van der Waals surface area contributed by atoms with E-state index in [2.05, 4.69) is 0 Å². The molecule has 0 atom stereocenters. The zero-order valence-corrected chi connectivity index (χ0v) is 15.4. The Kier molecular flexibility index (Phi) is 7.42. The molecule has 6 nitrogen and oxygen atoms in total. The topological polar surface area (TPSA) is 63.2 Å². The molecule has 0 aromatic heterocycles. The minimum atomic E-state index is -0.352. The van der Waals surface area contributed by atoms with E-state index in [-0.39, 0.29) is 5.97 Å². The normalized spacial score (nSPS) is 11.0. The molecule has 0 bridgehead atoms. The molecule has 0 aliphatic rings. The van der Waals surface area contributed by atoms with Crippen molar-refractivity contribution in [3.05, 3.63) is 16.7 Å². The predicted molar refractivity (Wildman–Crippen MR) is 92.3 cm³/mol. The van der Waals surface area contributed by atoms with Crippen LogP contribution in [0.3, 0.4) is 0 Å². The summed E-state index contributed by atoms with van der Waals surface area (Å²) in [5.74, 6) is 1.51. The van der Waals surface area contributed by atoms with Crippen LogP contribution in [-0.4, -0.2) is 41.0 Å². The minimum Gasteiger partial charge on any atom is -0.492 e. The van der Waals surface area contributed by atoms with Crippen molar-refractivity contribution >= 4 is 12.0 Å². The van der Waals surface area contributed by atoms with Gasteiger partial charge in [-0.3, -0.25) is 0 Å². The molecular weight excluding hydrogens is 312 g/mol. The average Bonchev–Trinajstić information content (AvgIpc) is 2.59. The highest BCUT2D eigenvalue weighted by Crippen LogP contribution is 2.49. The van der Waals surface area contributed by atoms with E-state index >= 15 is 0 Å². The molecule has 1 rings (SSSR count). The maximum Gasteiger partial charge on any atom is 0.333 e. The average molecular weight is 338 g/mol. The fourth-order valence-corrected chi connectivity index (χ4v) is 2.49. The summed E-state index contributed by atoms with van der Waals surface area (Å²) in [4.78, 5) is 12.1. The first-order chi connectivity index (χ1) is 11.5. The van der Waals surface area contributed by atoms with Crippen LogP contribution in [0, 0.1) is 6.92 Å². The number of hydrogen-bond acceptors (Lipinski definition) is 6. The van der Waals surface area contributed by atoms with Gasteiger partial charge in [0.1, 0.15) is 0 Å². The Morgan fingerprint density at radius 2 is 1.38 bits per heavy atom. The zero-order valence-electron chi connectivity index (χ0n) is 15.4. The fraction of sp³-hybridized carbons (Fsp3) is 0.500. The summed E-state index contributed by atoms with van der Waals surface area (Å²) in [6.45, 7) is 5.86. The summed E-state index contributed by atoms with van der Waals surface area (Å²) in [6, 6.07) is 0. The Balaban J connectivity index is 3.70. The molecule has 0 unspecified atom stereocenters. The number of benzene rings is 1. The van der Waals surface area contributed by atoms with Crippen LogP contribution in [-0.2, 0) is 9.53 Å². The van der Waals surface area contributed by atoms with Gasteiger partial charge < -0.3 is 23.7 Å². The van der Waals surface area contributed by atoms with Crippen LogP contribution in [0.15, 0.2) is 5.57 Å². The standard InChI is InChI=1S/C18H26O6/c1-8-12(18(19)24-9-2)10-13-11(3)14(20-4)16(22-6)17(23-7)15(13)21-5/h10H,8-9H2,1-7H3/b12-10+. The minimum absolute atomic E-state index is 0.321. The fourth-order valence-electron chi connectivity index (χ4n) is 2.49. The Bertz CT molecular complexity index is 619. The second kappa shape index (κ2) is 9.05. The number of rotatable bonds is 8. The Labute approximate surface area is 143 Å². The van der Waals surface area contributed by atoms with Gasteiger partial charge in [0, 0.05) is 16.7 Å². The Morgan fingerprint density at radius 1 is 0.875 bits per heavy atom. The number of carbonyl (C=O) groups is 1. The van der Waals surface area contributed by atoms with Gasteiger partial charge in [-0.05, 0) is 26.3 Å². The highest BCUT2D eigenvalue weighted by atomic mass is 16.5. The van der Waals surface area contributed by atoms with Gasteiger partial charge >= 0.3 is 5.97 Å². The van der Waals surface area contributed by atoms with Crippen molar-refractivity contribution in [2.75, 3.05) is 35.0 Å². The lowest BCUT2D eigenvalue weighted by Gasteiger charge is -2.20. The predicted octanol–water partition coefficient (Wildman–Crippen LogP) is 3.39. The van der Waals surface area contributed by atoms with E-state index in [1.165, 1.54) is 21.3 Å². The van der Waals surface area contributed by atoms with E-state index in [0.29, 0.717) is 47.2 Å². The number of ether oxygens (including phenoxy) is 5. The van der Waals surface area contributed by atoms with Crippen molar-refractivity contribution in [1.82, 2.24) is 0 Å². The summed E-state index contributed by atoms with van der Waals surface area (Å²) in [6.07, 6.45) is 2.27. The lowest BCUT2D eigenvalue weighted by atomic mass is 10.0. The molecule has 0 heterocycles. The SMILES string of the molecule is CCOC(=O)/C(=C/c1c(C)c(OC)c(OC)c(OC)c1OC)CC. The molecule has 1 aromatic rings. The molecule has 1 aromatic carbocycles. The molecule has 0 spiro atoms. The van der Waals surface area contributed by atoms with Crippen LogP contribution < -0.4 is 18.9 Å². The quantitative estimate of drug-likeness (QED) is 0.535. The number of methoxy groups -OCH3 is 4. The molecular formula is C18H26O6. The van der Waals surface area contributed by atoms with E-state index < -0.39 is 0 Å². The van der Waals surface area contributed by atoms with Crippen LogP contribution in [0.5, 0.6) is 23.0 Å². The van der Waals surface area contributed by atoms with Crippen LogP contribution in [0.25, 0.3) is 6.08 Å². The van der Waals surface area contributed by atoms with Gasteiger partial charge in [0.2, 0.25) is 11.5 Å². The van der Waals surface area contributed by atoms with E-state index in [1.807, 2.05) is 13.8 Å². The molecule has 0 amide bonds. The van der Waals surface area contributed by atoms with Crippen LogP contribution in [0.1, 0.15) is 31.4 Å². The maximum atomic E-state index is 12.1. The molecule has 6 heteroatoms. The summed E-state index contributed by atoms with van der Waals surface area (Å²) >= 11 is 0. The Hall–Kier alpha value is -2.37. The van der Waals surface area contributed by atoms with Crippen molar-refractivity contribution in [2.45, 2.75) is 27.2 Å². The maximum absolute atomic E-state index is 12.1. The number of esters is 1. The summed E-state index contributed by atoms with van der Waals surface area (Å²) < 4.78 is 26.9. The Morgan fingerprint density at radius 3 is 1.79 bits per heavy atom. The van der Waals surface area contributed by atoms with E-state index in [9.17, 15) is 4.79 Å². The molecule has 0 fully saturated rings. The summed E-state index contributed by atoms with van der Waals surface area (Å²) in [7, 11) is 6.15. The molecule has 0 saturated carbocycles. The highest BCUT2D eigenvalue weighted by Gasteiger charge is 2.25. The van der Waals surface area contributed by atoms with Gasteiger partial charge in [0.05, 0.1) is 35.0 Å². The van der Waals surface area contributed by atoms with Crippen molar-refractivity contribution in [1.29, 1.82) is 0 Å². The van der Waals surface area contributed by atoms with Crippen molar-refractivity contribution in [3.63, 3.8) is 0 Å². The second-order valence-corrected chi connectivity index (χ2v) is 4.92. The van der Waals surface area contributed by atoms with Gasteiger partial charge in [0.15, 0.2) is 11.5 Å². The van der Waals surface area contributed by atoms with Gasteiger partial charge in [-0.1, -0.05) is 6.92 Å². The molecule has 0 aliphatic carbocycles. The monoisotopic (exact) mass is 338 g/mol. The number of carbonyl (C=O) groups excluding carboxylic acids is 1. The number of hydrogen-bond donors (Lipinski definition) is 0. The molecule has 0 radical (unpaired) electrons. The molecule has 134 valence electrons. The molecule has 0 aliphatic heterocycles. The van der Waals surface area contributed by atoms with E-state index in [1.54, 1.807) is 20.1 Å². The van der Waals surface area contributed by atoms with E-state index in [0.717, 1.165) is 5.56 Å². The van der Waals surface area contributed by atoms with Crippen LogP contribution >= 0.6 is 0 Å². The van der Waals surface area contributed by atoms with Crippen LogP contribution in [0.2, 0.25) is 0 Å². The zero-order chi connectivity index (χ0) is 18.3. The van der Waals surface area contributed by atoms with Crippen LogP contribution in [0.4, 0.5) is 0 Å². The van der Waals surface area contributed by atoms with Gasteiger partial charge in [0.25, 0.3) is 0 Å². The highest BCUT2D eigenvalue weighted by molar-refractivity contribution is 5.95. The van der Waals surface area contributed by atoms with Gasteiger partial charge in [-0.25, -0.2) is 4.79 Å². The third kappa shape index (κ3) is 3.75. The molecule has 0 saturated heterocycles. The molecule has 0 N–H and O–H groups in total. The summed E-state index contributed by atoms with van der Waals surface area (Å²) in [5.41, 5.74) is 2.01. The van der Waals surface area contributed by atoms with Crippen molar-refractivity contribution < 1.29 is 28.5 Å². The van der Waals surface area contributed by atoms with Gasteiger partial charge in [-0.2, -0.15) is 0 Å². The first-order valence-electron chi connectivity index (χ1n) is 7.74.